The Morgan fingerprint density at radius 1 is 1.50 bits per heavy atom. The molecule has 66 valence electrons. The Hall–Kier alpha value is -0.570. The Bertz CT molecular complexity index is 237. The van der Waals surface area contributed by atoms with Crippen LogP contribution in [0.15, 0.2) is 11.6 Å². The molecule has 0 amide bonds. The van der Waals surface area contributed by atoms with Crippen LogP contribution in [0.1, 0.15) is 32.6 Å². The van der Waals surface area contributed by atoms with Gasteiger partial charge in [0.2, 0.25) is 0 Å². The number of rotatable bonds is 2. The zero-order chi connectivity index (χ0) is 8.44. The number of aromatic nitrogens is 1. The van der Waals surface area contributed by atoms with Crippen molar-refractivity contribution in [2.75, 3.05) is 5.32 Å². The largest absolute Gasteiger partial charge is 0.356 e. The van der Waals surface area contributed by atoms with Gasteiger partial charge in [0.05, 0.1) is 0 Å². The standard InChI is InChI=1S/C9H14N2S/c1-9(4-2-3-5-9)11-8-10-6-7-12-8/h6-7H,2-5H2,1H3,(H,10,11). The molecule has 1 heterocycles. The summed E-state index contributed by atoms with van der Waals surface area (Å²) >= 11 is 1.69. The average Bonchev–Trinajstić information content (AvgIpc) is 2.62. The summed E-state index contributed by atoms with van der Waals surface area (Å²) in [6, 6.07) is 0. The predicted octanol–water partition coefficient (Wildman–Crippen LogP) is 2.89. The topological polar surface area (TPSA) is 24.9 Å². The highest BCUT2D eigenvalue weighted by atomic mass is 32.1. The number of thiazole rings is 1. The van der Waals surface area contributed by atoms with Gasteiger partial charge in [0.25, 0.3) is 0 Å². The van der Waals surface area contributed by atoms with Crippen LogP contribution >= 0.6 is 11.3 Å². The molecule has 1 aliphatic rings. The number of anilines is 1. The Morgan fingerprint density at radius 2 is 2.25 bits per heavy atom. The number of hydrogen-bond donors (Lipinski definition) is 1. The van der Waals surface area contributed by atoms with Crippen LogP contribution in [0.2, 0.25) is 0 Å². The third-order valence-electron chi connectivity index (χ3n) is 2.55. The highest BCUT2D eigenvalue weighted by Gasteiger charge is 2.28. The van der Waals surface area contributed by atoms with Crippen molar-refractivity contribution in [1.29, 1.82) is 0 Å². The van der Waals surface area contributed by atoms with E-state index in [0.29, 0.717) is 5.54 Å². The number of hydrogen-bond acceptors (Lipinski definition) is 3. The number of nitrogens with one attached hydrogen (secondary N) is 1. The lowest BCUT2D eigenvalue weighted by atomic mass is 10.0. The molecule has 1 fully saturated rings. The SMILES string of the molecule is CC1(Nc2nccs2)CCCC1. The van der Waals surface area contributed by atoms with Gasteiger partial charge in [-0.3, -0.25) is 0 Å². The quantitative estimate of drug-likeness (QED) is 0.760. The van der Waals surface area contributed by atoms with Crippen LogP contribution in [0.3, 0.4) is 0 Å². The van der Waals surface area contributed by atoms with Crippen molar-refractivity contribution in [2.24, 2.45) is 0 Å². The van der Waals surface area contributed by atoms with Crippen LogP contribution in [0.5, 0.6) is 0 Å². The second-order valence-corrected chi connectivity index (χ2v) is 4.62. The van der Waals surface area contributed by atoms with E-state index in [0.717, 1.165) is 5.13 Å². The molecule has 1 saturated carbocycles. The predicted molar refractivity (Wildman–Crippen MR) is 52.6 cm³/mol. The van der Waals surface area contributed by atoms with Crippen LogP contribution in [-0.4, -0.2) is 10.5 Å². The minimum absolute atomic E-state index is 0.317. The van der Waals surface area contributed by atoms with Crippen LogP contribution in [-0.2, 0) is 0 Å². The van der Waals surface area contributed by atoms with Gasteiger partial charge in [-0.1, -0.05) is 12.8 Å². The fourth-order valence-electron chi connectivity index (χ4n) is 1.82. The maximum Gasteiger partial charge on any atom is 0.183 e. The first kappa shape index (κ1) is 8.05. The van der Waals surface area contributed by atoms with Crippen LogP contribution < -0.4 is 5.32 Å². The third-order valence-corrected chi connectivity index (χ3v) is 3.24. The molecule has 0 atom stereocenters. The average molecular weight is 182 g/mol. The van der Waals surface area contributed by atoms with Crippen molar-refractivity contribution in [3.05, 3.63) is 11.6 Å². The molecule has 2 rings (SSSR count). The summed E-state index contributed by atoms with van der Waals surface area (Å²) in [5, 5.41) is 6.59. The summed E-state index contributed by atoms with van der Waals surface area (Å²) in [6.07, 6.45) is 7.13. The lowest BCUT2D eigenvalue weighted by molar-refractivity contribution is 0.533. The lowest BCUT2D eigenvalue weighted by Crippen LogP contribution is -2.30. The van der Waals surface area contributed by atoms with Gasteiger partial charge in [0, 0.05) is 17.1 Å². The van der Waals surface area contributed by atoms with Gasteiger partial charge in [-0.15, -0.1) is 11.3 Å². The van der Waals surface area contributed by atoms with Gasteiger partial charge < -0.3 is 5.32 Å². The third kappa shape index (κ3) is 1.61. The molecule has 1 N–H and O–H groups in total. The van der Waals surface area contributed by atoms with Gasteiger partial charge in [-0.25, -0.2) is 4.98 Å². The molecule has 1 aromatic heterocycles. The lowest BCUT2D eigenvalue weighted by Gasteiger charge is -2.24. The molecule has 3 heteroatoms. The van der Waals surface area contributed by atoms with Gasteiger partial charge in [-0.2, -0.15) is 0 Å². The Labute approximate surface area is 77.0 Å². The van der Waals surface area contributed by atoms with E-state index in [2.05, 4.69) is 17.2 Å². The van der Waals surface area contributed by atoms with Crippen molar-refractivity contribution < 1.29 is 0 Å². The molecular formula is C9H14N2S. The van der Waals surface area contributed by atoms with Crippen LogP contribution in [0.25, 0.3) is 0 Å². The first-order valence-electron chi connectivity index (χ1n) is 4.46. The zero-order valence-electron chi connectivity index (χ0n) is 7.34. The minimum atomic E-state index is 0.317. The maximum atomic E-state index is 4.23. The first-order chi connectivity index (χ1) is 5.79. The van der Waals surface area contributed by atoms with Crippen molar-refractivity contribution in [3.63, 3.8) is 0 Å². The maximum absolute atomic E-state index is 4.23. The van der Waals surface area contributed by atoms with Crippen LogP contribution in [0.4, 0.5) is 5.13 Å². The minimum Gasteiger partial charge on any atom is -0.356 e. The van der Waals surface area contributed by atoms with Gasteiger partial charge in [0.15, 0.2) is 5.13 Å². The van der Waals surface area contributed by atoms with E-state index in [-0.39, 0.29) is 0 Å². The molecule has 12 heavy (non-hydrogen) atoms. The molecule has 1 aliphatic carbocycles. The summed E-state index contributed by atoms with van der Waals surface area (Å²) in [6.45, 7) is 2.29. The van der Waals surface area contributed by atoms with Crippen molar-refractivity contribution >= 4 is 16.5 Å². The zero-order valence-corrected chi connectivity index (χ0v) is 8.16. The monoisotopic (exact) mass is 182 g/mol. The summed E-state index contributed by atoms with van der Waals surface area (Å²) in [7, 11) is 0. The summed E-state index contributed by atoms with van der Waals surface area (Å²) in [5.74, 6) is 0. The van der Waals surface area contributed by atoms with Gasteiger partial charge >= 0.3 is 0 Å². The van der Waals surface area contributed by atoms with Gasteiger partial charge in [-0.05, 0) is 19.8 Å². The van der Waals surface area contributed by atoms with Crippen LogP contribution in [0, 0.1) is 0 Å². The first-order valence-corrected chi connectivity index (χ1v) is 5.34. The fourth-order valence-corrected chi connectivity index (χ4v) is 2.50. The molecular weight excluding hydrogens is 168 g/mol. The second-order valence-electron chi connectivity index (χ2n) is 3.73. The molecule has 0 spiro atoms. The van der Waals surface area contributed by atoms with E-state index in [9.17, 15) is 0 Å². The smallest absolute Gasteiger partial charge is 0.183 e. The van der Waals surface area contributed by atoms with E-state index < -0.39 is 0 Å². The summed E-state index contributed by atoms with van der Waals surface area (Å²) < 4.78 is 0. The van der Waals surface area contributed by atoms with E-state index >= 15 is 0 Å². The van der Waals surface area contributed by atoms with Crippen molar-refractivity contribution in [3.8, 4) is 0 Å². The fraction of sp³-hybridized carbons (Fsp3) is 0.667. The molecule has 0 saturated heterocycles. The highest BCUT2D eigenvalue weighted by molar-refractivity contribution is 7.13. The Balaban J connectivity index is 2.02. The molecule has 0 radical (unpaired) electrons. The Morgan fingerprint density at radius 3 is 2.83 bits per heavy atom. The molecule has 0 aromatic carbocycles. The van der Waals surface area contributed by atoms with Crippen molar-refractivity contribution in [2.45, 2.75) is 38.1 Å². The van der Waals surface area contributed by atoms with E-state index in [1.165, 1.54) is 25.7 Å². The summed E-state index contributed by atoms with van der Waals surface area (Å²) in [4.78, 5) is 4.23. The second kappa shape index (κ2) is 3.05. The van der Waals surface area contributed by atoms with E-state index in [4.69, 9.17) is 0 Å². The molecule has 2 nitrogen and oxygen atoms in total. The number of nitrogens with zero attached hydrogens (tertiary/aromatic N) is 1. The van der Waals surface area contributed by atoms with E-state index in [1.807, 2.05) is 11.6 Å². The molecule has 0 aliphatic heterocycles. The molecule has 1 aromatic rings. The molecule has 0 unspecified atom stereocenters. The molecule has 0 bridgehead atoms. The van der Waals surface area contributed by atoms with Gasteiger partial charge in [0.1, 0.15) is 0 Å². The highest BCUT2D eigenvalue weighted by Crippen LogP contribution is 2.32. The van der Waals surface area contributed by atoms with E-state index in [1.54, 1.807) is 11.3 Å². The summed E-state index contributed by atoms with van der Waals surface area (Å²) in [5.41, 5.74) is 0.317. The normalized spacial score (nSPS) is 21.1. The Kier molecular flexibility index (Phi) is 2.05. The van der Waals surface area contributed by atoms with Crippen molar-refractivity contribution in [1.82, 2.24) is 4.98 Å².